The predicted molar refractivity (Wildman–Crippen MR) is 55.2 cm³/mol. The van der Waals surface area contributed by atoms with Crippen LogP contribution in [0.15, 0.2) is 29.8 Å². The van der Waals surface area contributed by atoms with Crippen molar-refractivity contribution in [1.29, 1.82) is 0 Å². The summed E-state index contributed by atoms with van der Waals surface area (Å²) in [5.41, 5.74) is 1.02. The number of rotatable bonds is 2. The lowest BCUT2D eigenvalue weighted by molar-refractivity contribution is 1.25. The zero-order chi connectivity index (χ0) is 9.14. The number of halogens is 3. The van der Waals surface area contributed by atoms with Gasteiger partial charge in [0.05, 0.1) is 10.0 Å². The molecule has 64 valence electrons. The Balaban J connectivity index is 2.89. The standard InChI is InChI=1S/C9H7Cl3/c1-6(10)4-7-2-3-8(11)9(12)5-7/h2-3,5H,1,4H2. The van der Waals surface area contributed by atoms with Crippen LogP contribution in [0.3, 0.4) is 0 Å². The SMILES string of the molecule is C=C(Cl)Cc1ccc(Cl)c(Cl)c1. The molecule has 0 atom stereocenters. The van der Waals surface area contributed by atoms with E-state index in [1.54, 1.807) is 12.1 Å². The van der Waals surface area contributed by atoms with Crippen molar-refractivity contribution in [3.05, 3.63) is 45.4 Å². The third-order valence-electron chi connectivity index (χ3n) is 1.38. The highest BCUT2D eigenvalue weighted by Gasteiger charge is 1.99. The zero-order valence-electron chi connectivity index (χ0n) is 6.28. The van der Waals surface area contributed by atoms with Gasteiger partial charge in [-0.1, -0.05) is 47.4 Å². The number of hydrogen-bond acceptors (Lipinski definition) is 0. The van der Waals surface area contributed by atoms with E-state index in [2.05, 4.69) is 6.58 Å². The summed E-state index contributed by atoms with van der Waals surface area (Å²) in [7, 11) is 0. The van der Waals surface area contributed by atoms with E-state index in [0.29, 0.717) is 21.5 Å². The summed E-state index contributed by atoms with van der Waals surface area (Å²) in [5.74, 6) is 0. The van der Waals surface area contributed by atoms with Crippen molar-refractivity contribution in [3.63, 3.8) is 0 Å². The van der Waals surface area contributed by atoms with Crippen LogP contribution < -0.4 is 0 Å². The van der Waals surface area contributed by atoms with Gasteiger partial charge in [-0.05, 0) is 17.7 Å². The number of allylic oxidation sites excluding steroid dienone is 1. The van der Waals surface area contributed by atoms with Crippen LogP contribution in [0.25, 0.3) is 0 Å². The fourth-order valence-corrected chi connectivity index (χ4v) is 1.35. The van der Waals surface area contributed by atoms with Crippen LogP contribution in [0.4, 0.5) is 0 Å². The highest BCUT2D eigenvalue weighted by Crippen LogP contribution is 2.23. The molecule has 0 heterocycles. The third kappa shape index (κ3) is 2.71. The Morgan fingerprint density at radius 3 is 2.42 bits per heavy atom. The minimum Gasteiger partial charge on any atom is -0.0894 e. The first kappa shape index (κ1) is 9.91. The van der Waals surface area contributed by atoms with Gasteiger partial charge in [0.25, 0.3) is 0 Å². The van der Waals surface area contributed by atoms with Crippen LogP contribution in [0.2, 0.25) is 10.0 Å². The molecule has 1 rings (SSSR count). The lowest BCUT2D eigenvalue weighted by Crippen LogP contribution is -1.83. The van der Waals surface area contributed by atoms with Crippen LogP contribution in [0, 0.1) is 0 Å². The average molecular weight is 222 g/mol. The Hall–Kier alpha value is -0.170. The minimum absolute atomic E-state index is 0.548. The lowest BCUT2D eigenvalue weighted by Gasteiger charge is -2.00. The second kappa shape index (κ2) is 4.18. The fourth-order valence-electron chi connectivity index (χ4n) is 0.871. The maximum atomic E-state index is 5.79. The topological polar surface area (TPSA) is 0 Å². The summed E-state index contributed by atoms with van der Waals surface area (Å²) >= 11 is 17.2. The third-order valence-corrected chi connectivity index (χ3v) is 2.25. The Kier molecular flexibility index (Phi) is 3.45. The van der Waals surface area contributed by atoms with Crippen molar-refractivity contribution in [2.75, 3.05) is 0 Å². The number of benzene rings is 1. The van der Waals surface area contributed by atoms with Gasteiger partial charge in [-0.15, -0.1) is 0 Å². The Labute approximate surface area is 86.7 Å². The van der Waals surface area contributed by atoms with E-state index < -0.39 is 0 Å². The van der Waals surface area contributed by atoms with Crippen molar-refractivity contribution >= 4 is 34.8 Å². The minimum atomic E-state index is 0.548. The molecule has 0 spiro atoms. The summed E-state index contributed by atoms with van der Waals surface area (Å²) in [4.78, 5) is 0. The average Bonchev–Trinajstić information content (AvgIpc) is 1.96. The first-order chi connectivity index (χ1) is 5.59. The maximum Gasteiger partial charge on any atom is 0.0595 e. The van der Waals surface area contributed by atoms with Crippen molar-refractivity contribution < 1.29 is 0 Å². The smallest absolute Gasteiger partial charge is 0.0595 e. The van der Waals surface area contributed by atoms with E-state index in [9.17, 15) is 0 Å². The van der Waals surface area contributed by atoms with Crippen molar-refractivity contribution in [1.82, 2.24) is 0 Å². The molecule has 0 radical (unpaired) electrons. The van der Waals surface area contributed by atoms with E-state index >= 15 is 0 Å². The normalized spacial score (nSPS) is 9.92. The molecule has 0 N–H and O–H groups in total. The largest absolute Gasteiger partial charge is 0.0894 e. The van der Waals surface area contributed by atoms with Gasteiger partial charge in [0.2, 0.25) is 0 Å². The van der Waals surface area contributed by atoms with Gasteiger partial charge in [-0.2, -0.15) is 0 Å². The van der Waals surface area contributed by atoms with E-state index in [1.807, 2.05) is 6.07 Å². The van der Waals surface area contributed by atoms with Gasteiger partial charge in [-0.25, -0.2) is 0 Å². The maximum absolute atomic E-state index is 5.79. The van der Waals surface area contributed by atoms with Gasteiger partial charge in [-0.3, -0.25) is 0 Å². The summed E-state index contributed by atoms with van der Waals surface area (Å²) in [6.07, 6.45) is 0.623. The van der Waals surface area contributed by atoms with Crippen molar-refractivity contribution in [2.24, 2.45) is 0 Å². The Morgan fingerprint density at radius 1 is 1.25 bits per heavy atom. The van der Waals surface area contributed by atoms with Gasteiger partial charge < -0.3 is 0 Å². The van der Waals surface area contributed by atoms with Gasteiger partial charge in [0.1, 0.15) is 0 Å². The van der Waals surface area contributed by atoms with Crippen LogP contribution in [0.1, 0.15) is 5.56 Å². The van der Waals surface area contributed by atoms with E-state index in [4.69, 9.17) is 34.8 Å². The monoisotopic (exact) mass is 220 g/mol. The fraction of sp³-hybridized carbons (Fsp3) is 0.111. The molecule has 0 unspecified atom stereocenters. The lowest BCUT2D eigenvalue weighted by atomic mass is 10.1. The summed E-state index contributed by atoms with van der Waals surface area (Å²) in [6, 6.07) is 5.41. The Morgan fingerprint density at radius 2 is 1.92 bits per heavy atom. The molecule has 0 aliphatic carbocycles. The van der Waals surface area contributed by atoms with E-state index in [1.165, 1.54) is 0 Å². The molecule has 1 aromatic rings. The van der Waals surface area contributed by atoms with Gasteiger partial charge in [0, 0.05) is 11.5 Å². The summed E-state index contributed by atoms with van der Waals surface area (Å²) in [5, 5.41) is 1.70. The molecule has 0 amide bonds. The predicted octanol–water partition coefficient (Wildman–Crippen LogP) is 4.29. The van der Waals surface area contributed by atoms with Crippen LogP contribution in [-0.2, 0) is 6.42 Å². The molecule has 0 fully saturated rings. The molecule has 0 aliphatic heterocycles. The van der Waals surface area contributed by atoms with Crippen LogP contribution in [0.5, 0.6) is 0 Å². The molecule has 0 aliphatic rings. The van der Waals surface area contributed by atoms with E-state index in [0.717, 1.165) is 5.56 Å². The molecule has 1 aromatic carbocycles. The summed E-state index contributed by atoms with van der Waals surface area (Å²) in [6.45, 7) is 3.59. The molecule has 3 heteroatoms. The molecule has 0 aromatic heterocycles. The van der Waals surface area contributed by atoms with Crippen molar-refractivity contribution in [3.8, 4) is 0 Å². The highest BCUT2D eigenvalue weighted by molar-refractivity contribution is 6.42. The first-order valence-electron chi connectivity index (χ1n) is 3.37. The summed E-state index contributed by atoms with van der Waals surface area (Å²) < 4.78 is 0. The molecular weight excluding hydrogens is 214 g/mol. The second-order valence-corrected chi connectivity index (χ2v) is 3.79. The van der Waals surface area contributed by atoms with Crippen LogP contribution in [-0.4, -0.2) is 0 Å². The first-order valence-corrected chi connectivity index (χ1v) is 4.50. The van der Waals surface area contributed by atoms with E-state index in [-0.39, 0.29) is 0 Å². The Bertz CT molecular complexity index is 305. The zero-order valence-corrected chi connectivity index (χ0v) is 8.55. The molecule has 0 bridgehead atoms. The van der Waals surface area contributed by atoms with Crippen molar-refractivity contribution in [2.45, 2.75) is 6.42 Å². The second-order valence-electron chi connectivity index (χ2n) is 2.44. The van der Waals surface area contributed by atoms with Gasteiger partial charge >= 0.3 is 0 Å². The molecule has 12 heavy (non-hydrogen) atoms. The van der Waals surface area contributed by atoms with Crippen LogP contribution >= 0.6 is 34.8 Å². The highest BCUT2D eigenvalue weighted by atomic mass is 35.5. The molecule has 0 nitrogen and oxygen atoms in total. The quantitative estimate of drug-likeness (QED) is 0.699. The number of hydrogen-bond donors (Lipinski definition) is 0. The van der Waals surface area contributed by atoms with Gasteiger partial charge in [0.15, 0.2) is 0 Å². The molecule has 0 saturated heterocycles. The molecule has 0 saturated carbocycles. The molecular formula is C9H7Cl3.